The molecule has 10 atom stereocenters. The van der Waals surface area contributed by atoms with Gasteiger partial charge in [0.25, 0.3) is 0 Å². The van der Waals surface area contributed by atoms with Gasteiger partial charge in [-0.25, -0.2) is 24.9 Å². The van der Waals surface area contributed by atoms with Crippen molar-refractivity contribution in [2.45, 2.75) is 165 Å². The number of ether oxygens (including phenoxy) is 2. The molecule has 3 aliphatic heterocycles. The quantitative estimate of drug-likeness (QED) is 0.115. The van der Waals surface area contributed by atoms with Gasteiger partial charge in [0.1, 0.15) is 60.4 Å². The number of hydrogen-bond acceptors (Lipinski definition) is 16. The smallest absolute Gasteiger partial charge is 0.325 e. The Kier molecular flexibility index (Phi) is 13.8. The molecule has 2 unspecified atom stereocenters. The molecule has 2 bridgehead atoms. The maximum atomic E-state index is 12.2. The van der Waals surface area contributed by atoms with Gasteiger partial charge in [-0.05, 0) is 104 Å². The van der Waals surface area contributed by atoms with Crippen LogP contribution < -0.4 is 0 Å². The Morgan fingerprint density at radius 2 is 1.34 bits per heavy atom. The van der Waals surface area contributed by atoms with E-state index >= 15 is 0 Å². The molecule has 24 heteroatoms. The third-order valence-corrected chi connectivity index (χ3v) is 25.9. The number of imidazole rings is 1. The largest absolute Gasteiger partial charge is 0.408 e. The Bertz CT molecular complexity index is 2450. The molecule has 64 heavy (non-hydrogen) atoms. The minimum Gasteiger partial charge on any atom is -0.408 e. The second-order valence-corrected chi connectivity index (χ2v) is 35.3. The summed E-state index contributed by atoms with van der Waals surface area (Å²) in [4.78, 5) is 47.4. The fourth-order valence-electron chi connectivity index (χ4n) is 8.30. The summed E-state index contributed by atoms with van der Waals surface area (Å²) in [7, 11) is -5.24. The van der Waals surface area contributed by atoms with Crippen molar-refractivity contribution in [2.75, 3.05) is 19.8 Å². The van der Waals surface area contributed by atoms with Crippen molar-refractivity contribution in [1.82, 2.24) is 34.1 Å². The standard InChI is InChI=1S/C40H63N7O11P2S2Si2/c1-39(2,3)63(7,8)57-32-28-20-52-59(49,61)55-31-27(19-51-60(50,62)56-33(32)37(54-28)47-23-45-30-26(16-13-17-48)42-22-44-36(30)47)53-38(34(31)58-64(9,10)40(4,5)6)46-18-24-14-11-12-15-25-29(24)35(46)43-21-41-25/h18,21-23,27-28,31-34,37-38,48H,11-17,19-20H2,1-10H3,(H,49,61)(H,50,62)/t27-,28-,31-,32-,33-,34-,37-,38-,59?,60?/m1/s1. The first kappa shape index (κ1) is 48.9. The van der Waals surface area contributed by atoms with Crippen LogP contribution in [0, 0.1) is 0 Å². The predicted octanol–water partition coefficient (Wildman–Crippen LogP) is 6.90. The number of aromatic nitrogens is 7. The maximum Gasteiger partial charge on any atom is 0.325 e. The average molecular weight is 1000 g/mol. The van der Waals surface area contributed by atoms with Crippen LogP contribution in [0.15, 0.2) is 25.2 Å². The van der Waals surface area contributed by atoms with E-state index in [1.807, 2.05) is 4.57 Å². The van der Waals surface area contributed by atoms with Crippen molar-refractivity contribution >= 4 is 75.9 Å². The monoisotopic (exact) mass is 999 g/mol. The molecule has 1 aliphatic carbocycles. The fraction of sp³-hybridized carbons (Fsp3) is 0.725. The number of aliphatic hydroxyl groups excluding tert-OH is 1. The Morgan fingerprint density at radius 1 is 0.750 bits per heavy atom. The lowest BCUT2D eigenvalue weighted by molar-refractivity contribution is -0.0604. The topological polar surface area (TPSA) is 209 Å². The highest BCUT2D eigenvalue weighted by atomic mass is 32.5. The number of aliphatic hydroxyl groups is 1. The number of fused-ring (bicyclic) bond motifs is 4. The second kappa shape index (κ2) is 18.1. The molecule has 0 aromatic carbocycles. The Balaban J connectivity index is 1.20. The van der Waals surface area contributed by atoms with Crippen LogP contribution in [0.3, 0.4) is 0 Å². The van der Waals surface area contributed by atoms with E-state index in [0.717, 1.165) is 42.3 Å². The van der Waals surface area contributed by atoms with E-state index in [4.69, 9.17) is 65.0 Å². The fourth-order valence-corrected chi connectivity index (χ4v) is 13.8. The lowest BCUT2D eigenvalue weighted by atomic mass is 10.1. The molecule has 0 saturated carbocycles. The summed E-state index contributed by atoms with van der Waals surface area (Å²) >= 11 is 11.7. The molecule has 3 fully saturated rings. The Labute approximate surface area is 386 Å². The molecular weight excluding hydrogens is 937 g/mol. The molecule has 3 N–H and O–H groups in total. The minimum atomic E-state index is -4.19. The minimum absolute atomic E-state index is 0.0116. The van der Waals surface area contributed by atoms with E-state index in [0.29, 0.717) is 35.3 Å². The lowest BCUT2D eigenvalue weighted by Gasteiger charge is -2.41. The summed E-state index contributed by atoms with van der Waals surface area (Å²) < 4.78 is 57.4. The summed E-state index contributed by atoms with van der Waals surface area (Å²) in [6.07, 6.45) is 3.66. The number of aryl methyl sites for hydroxylation is 3. The number of hydrogen-bond donors (Lipinski definition) is 3. The van der Waals surface area contributed by atoms with Gasteiger partial charge in [-0.3, -0.25) is 13.6 Å². The molecule has 354 valence electrons. The average Bonchev–Trinajstić information content (AvgIpc) is 3.92. The zero-order valence-corrected chi connectivity index (χ0v) is 43.7. The molecule has 4 aromatic rings. The van der Waals surface area contributed by atoms with Gasteiger partial charge < -0.3 is 46.8 Å². The van der Waals surface area contributed by atoms with Crippen LogP contribution in [0.4, 0.5) is 0 Å². The third kappa shape index (κ3) is 9.70. The van der Waals surface area contributed by atoms with Crippen molar-refractivity contribution in [3.63, 3.8) is 0 Å². The molecule has 0 spiro atoms. The first-order valence-corrected chi connectivity index (χ1v) is 33.0. The van der Waals surface area contributed by atoms with Crippen molar-refractivity contribution in [3.8, 4) is 0 Å². The summed E-state index contributed by atoms with van der Waals surface area (Å²) in [5.74, 6) is 0. The molecule has 8 rings (SSSR count). The highest BCUT2D eigenvalue weighted by Gasteiger charge is 2.57. The maximum absolute atomic E-state index is 12.2. The molecule has 3 saturated heterocycles. The Hall–Kier alpha value is -1.54. The highest BCUT2D eigenvalue weighted by molar-refractivity contribution is 8.07. The van der Waals surface area contributed by atoms with Gasteiger partial charge in [-0.2, -0.15) is 0 Å². The predicted molar refractivity (Wildman–Crippen MR) is 252 cm³/mol. The number of rotatable bonds is 9. The van der Waals surface area contributed by atoms with Crippen LogP contribution in [-0.2, 0) is 79.3 Å². The van der Waals surface area contributed by atoms with Gasteiger partial charge in [0.15, 0.2) is 34.7 Å². The normalized spacial score (nSPS) is 32.3. The van der Waals surface area contributed by atoms with Gasteiger partial charge >= 0.3 is 13.4 Å². The lowest BCUT2D eigenvalue weighted by Crippen LogP contribution is -2.50. The first-order valence-electron chi connectivity index (χ1n) is 22.0. The first-order chi connectivity index (χ1) is 29.9. The molecule has 0 amide bonds. The highest BCUT2D eigenvalue weighted by Crippen LogP contribution is 2.56. The molecule has 7 heterocycles. The van der Waals surface area contributed by atoms with Crippen molar-refractivity contribution in [3.05, 3.63) is 42.1 Å². The van der Waals surface area contributed by atoms with Crippen LogP contribution in [0.1, 0.15) is 90.2 Å². The van der Waals surface area contributed by atoms with E-state index < -0.39 is 79.2 Å². The van der Waals surface area contributed by atoms with E-state index in [2.05, 4.69) is 93.9 Å². The van der Waals surface area contributed by atoms with Crippen molar-refractivity contribution in [2.24, 2.45) is 0 Å². The molecular formula is C40H63N7O11P2S2Si2. The summed E-state index contributed by atoms with van der Waals surface area (Å²) in [6.45, 7) is 12.3. The summed E-state index contributed by atoms with van der Waals surface area (Å²) in [6, 6.07) is 0. The summed E-state index contributed by atoms with van der Waals surface area (Å²) in [5.41, 5.74) is 4.40. The molecule has 4 aliphatic rings. The van der Waals surface area contributed by atoms with Crippen molar-refractivity contribution < 1.29 is 51.3 Å². The zero-order valence-electron chi connectivity index (χ0n) is 38.2. The molecule has 18 nitrogen and oxygen atoms in total. The number of nitrogens with zero attached hydrogens (tertiary/aromatic N) is 7. The Morgan fingerprint density at radius 3 is 2.02 bits per heavy atom. The SMILES string of the molecule is CC(C)(C)[Si](C)(C)O[C@@H]1[C@@H]2OP(O)(=S)OC[C@H]3O[C@@H](n4cnc5c(CCCO)ncnc54)[C@H](OP(O)(=S)OC[C@H]2O[C@H]1n1cc2c4c(ncnc41)CCCC2)[C@@H]3O[Si](C)(C)C(C)(C)C. The second-order valence-electron chi connectivity index (χ2n) is 20.2. The van der Waals surface area contributed by atoms with Crippen LogP contribution in [0.5, 0.6) is 0 Å². The van der Waals surface area contributed by atoms with Crippen LogP contribution in [0.25, 0.3) is 22.2 Å². The van der Waals surface area contributed by atoms with Crippen LogP contribution >= 0.6 is 13.4 Å². The van der Waals surface area contributed by atoms with Gasteiger partial charge in [0.05, 0.1) is 30.9 Å². The van der Waals surface area contributed by atoms with Gasteiger partial charge in [0, 0.05) is 18.2 Å². The van der Waals surface area contributed by atoms with E-state index in [1.54, 1.807) is 17.2 Å². The zero-order chi connectivity index (χ0) is 46.2. The van der Waals surface area contributed by atoms with Gasteiger partial charge in [-0.1, -0.05) is 41.5 Å². The van der Waals surface area contributed by atoms with Gasteiger partial charge in [0.2, 0.25) is 0 Å². The van der Waals surface area contributed by atoms with Crippen LogP contribution in [0.2, 0.25) is 36.3 Å². The van der Waals surface area contributed by atoms with Crippen molar-refractivity contribution in [1.29, 1.82) is 0 Å². The van der Waals surface area contributed by atoms with Gasteiger partial charge in [-0.15, -0.1) is 0 Å². The molecule has 0 radical (unpaired) electrons. The third-order valence-electron chi connectivity index (χ3n) is 13.8. The summed E-state index contributed by atoms with van der Waals surface area (Å²) in [5, 5.41) is 10.1. The van der Waals surface area contributed by atoms with E-state index in [1.165, 1.54) is 6.33 Å². The van der Waals surface area contributed by atoms with E-state index in [-0.39, 0.29) is 29.9 Å². The molecule has 4 aromatic heterocycles. The van der Waals surface area contributed by atoms with Crippen LogP contribution in [-0.4, -0.2) is 122 Å². The van der Waals surface area contributed by atoms with E-state index in [9.17, 15) is 14.9 Å².